The minimum absolute atomic E-state index is 0.181. The number of carbonyl (C=O) groups is 2. The molecular weight excluding hydrogens is 299 g/mol. The molecule has 1 aliphatic carbocycles. The van der Waals surface area contributed by atoms with Gasteiger partial charge in [-0.2, -0.15) is 0 Å². The Labute approximate surface area is 134 Å². The molecule has 23 heavy (non-hydrogen) atoms. The number of anilines is 1. The third-order valence-electron chi connectivity index (χ3n) is 5.04. The maximum Gasteiger partial charge on any atom is 0.240 e. The van der Waals surface area contributed by atoms with Gasteiger partial charge >= 0.3 is 0 Å². The second kappa shape index (κ2) is 5.30. The van der Waals surface area contributed by atoms with E-state index in [2.05, 4.69) is 0 Å². The molecule has 1 aromatic rings. The monoisotopic (exact) mass is 319 g/mol. The molecule has 1 aliphatic heterocycles. The van der Waals surface area contributed by atoms with Crippen molar-refractivity contribution in [2.24, 2.45) is 11.1 Å². The normalized spacial score (nSPS) is 34.1. The Morgan fingerprint density at radius 1 is 1.35 bits per heavy atom. The number of hydrogen-bond acceptors (Lipinski definition) is 3. The summed E-state index contributed by atoms with van der Waals surface area (Å²) in [6.07, 6.45) is 3.42. The van der Waals surface area contributed by atoms with E-state index in [1.54, 1.807) is 13.3 Å². The van der Waals surface area contributed by atoms with Gasteiger partial charge in [-0.3, -0.25) is 14.5 Å². The van der Waals surface area contributed by atoms with E-state index in [0.717, 1.165) is 0 Å². The minimum Gasteiger partial charge on any atom is -0.390 e. The van der Waals surface area contributed by atoms with E-state index in [1.165, 1.54) is 29.2 Å². The second-order valence-corrected chi connectivity index (χ2v) is 6.82. The highest BCUT2D eigenvalue weighted by atomic mass is 19.1. The van der Waals surface area contributed by atoms with Crippen molar-refractivity contribution in [2.75, 3.05) is 4.90 Å². The SMILES string of the molecule is CC1(O)[CH]CC2(CC1)CC(C(N)=O)N(c1ccc(F)cc1)C2=O. The average molecular weight is 319 g/mol. The summed E-state index contributed by atoms with van der Waals surface area (Å²) in [5, 5.41) is 10.1. The van der Waals surface area contributed by atoms with Crippen molar-refractivity contribution >= 4 is 17.5 Å². The molecule has 1 radical (unpaired) electrons. The molecule has 1 heterocycles. The maximum atomic E-state index is 13.1. The highest BCUT2D eigenvalue weighted by molar-refractivity contribution is 6.06. The Balaban J connectivity index is 1.94. The summed E-state index contributed by atoms with van der Waals surface area (Å²) in [5.41, 5.74) is 4.36. The van der Waals surface area contributed by atoms with Crippen LogP contribution in [0.3, 0.4) is 0 Å². The summed E-state index contributed by atoms with van der Waals surface area (Å²) in [6, 6.07) is 4.72. The van der Waals surface area contributed by atoms with Crippen LogP contribution in [0.2, 0.25) is 0 Å². The second-order valence-electron chi connectivity index (χ2n) is 6.82. The number of hydrogen-bond donors (Lipinski definition) is 2. The molecule has 3 atom stereocenters. The standard InChI is InChI=1S/C17H20FN2O3/c1-16(23)6-8-17(9-7-16)10-13(14(19)21)20(15(17)22)12-4-2-11(18)3-5-12/h2-6,13,23H,7-10H2,1H3,(H2,19,21). The summed E-state index contributed by atoms with van der Waals surface area (Å²) in [6.45, 7) is 1.71. The van der Waals surface area contributed by atoms with Crippen molar-refractivity contribution in [3.8, 4) is 0 Å². The van der Waals surface area contributed by atoms with Gasteiger partial charge < -0.3 is 10.8 Å². The van der Waals surface area contributed by atoms with Crippen LogP contribution in [-0.4, -0.2) is 28.6 Å². The third kappa shape index (κ3) is 2.72. The number of primary amides is 1. The Morgan fingerprint density at radius 3 is 2.52 bits per heavy atom. The van der Waals surface area contributed by atoms with Crippen LogP contribution in [0.1, 0.15) is 32.6 Å². The fraction of sp³-hybridized carbons (Fsp3) is 0.471. The Hall–Kier alpha value is -1.95. The molecule has 1 saturated heterocycles. The molecule has 1 spiro atoms. The van der Waals surface area contributed by atoms with Crippen molar-refractivity contribution in [1.82, 2.24) is 0 Å². The van der Waals surface area contributed by atoms with Crippen LogP contribution in [0.15, 0.2) is 24.3 Å². The van der Waals surface area contributed by atoms with E-state index >= 15 is 0 Å². The lowest BCUT2D eigenvalue weighted by atomic mass is 9.67. The van der Waals surface area contributed by atoms with Gasteiger partial charge in [-0.05, 0) is 63.3 Å². The number of nitrogens with two attached hydrogens (primary N) is 1. The number of aliphatic hydroxyl groups is 1. The average Bonchev–Trinajstić information content (AvgIpc) is 2.78. The molecule has 3 rings (SSSR count). The van der Waals surface area contributed by atoms with Crippen molar-refractivity contribution in [3.05, 3.63) is 36.5 Å². The summed E-state index contributed by atoms with van der Waals surface area (Å²) in [7, 11) is 0. The van der Waals surface area contributed by atoms with Gasteiger partial charge in [0, 0.05) is 5.69 Å². The molecule has 0 bridgehead atoms. The van der Waals surface area contributed by atoms with Gasteiger partial charge in [0.25, 0.3) is 0 Å². The predicted molar refractivity (Wildman–Crippen MR) is 82.7 cm³/mol. The Kier molecular flexibility index (Phi) is 3.67. The molecule has 3 unspecified atom stereocenters. The fourth-order valence-corrected chi connectivity index (χ4v) is 3.56. The quantitative estimate of drug-likeness (QED) is 0.867. The van der Waals surface area contributed by atoms with Crippen LogP contribution >= 0.6 is 0 Å². The van der Waals surface area contributed by atoms with Crippen molar-refractivity contribution in [3.63, 3.8) is 0 Å². The zero-order valence-electron chi connectivity index (χ0n) is 13.0. The lowest BCUT2D eigenvalue weighted by molar-refractivity contribution is -0.128. The van der Waals surface area contributed by atoms with Crippen molar-refractivity contribution in [1.29, 1.82) is 0 Å². The molecule has 3 N–H and O–H groups in total. The first-order valence-electron chi connectivity index (χ1n) is 7.69. The van der Waals surface area contributed by atoms with Gasteiger partial charge in [-0.15, -0.1) is 0 Å². The number of rotatable bonds is 2. The largest absolute Gasteiger partial charge is 0.390 e. The fourth-order valence-electron chi connectivity index (χ4n) is 3.56. The van der Waals surface area contributed by atoms with E-state index in [9.17, 15) is 19.1 Å². The lowest BCUT2D eigenvalue weighted by Gasteiger charge is -2.38. The summed E-state index contributed by atoms with van der Waals surface area (Å²) in [4.78, 5) is 26.2. The van der Waals surface area contributed by atoms with Gasteiger partial charge in [0.2, 0.25) is 11.8 Å². The van der Waals surface area contributed by atoms with Gasteiger partial charge in [0.1, 0.15) is 11.9 Å². The highest BCUT2D eigenvalue weighted by Gasteiger charge is 2.56. The third-order valence-corrected chi connectivity index (χ3v) is 5.04. The minimum atomic E-state index is -0.892. The zero-order valence-corrected chi connectivity index (χ0v) is 13.0. The van der Waals surface area contributed by atoms with Crippen LogP contribution < -0.4 is 10.6 Å². The summed E-state index contributed by atoms with van der Waals surface area (Å²) < 4.78 is 13.1. The van der Waals surface area contributed by atoms with E-state index in [-0.39, 0.29) is 5.91 Å². The number of benzene rings is 1. The highest BCUT2D eigenvalue weighted by Crippen LogP contribution is 2.50. The van der Waals surface area contributed by atoms with E-state index in [1.807, 2.05) is 0 Å². The molecule has 2 aliphatic rings. The van der Waals surface area contributed by atoms with Crippen LogP contribution in [0.25, 0.3) is 0 Å². The van der Waals surface area contributed by atoms with E-state index in [4.69, 9.17) is 5.73 Å². The van der Waals surface area contributed by atoms with Gasteiger partial charge in [0.15, 0.2) is 0 Å². The topological polar surface area (TPSA) is 83.6 Å². The molecule has 2 fully saturated rings. The van der Waals surface area contributed by atoms with Gasteiger partial charge in [-0.25, -0.2) is 4.39 Å². The van der Waals surface area contributed by atoms with Crippen molar-refractivity contribution in [2.45, 2.75) is 44.2 Å². The maximum absolute atomic E-state index is 13.1. The first-order valence-corrected chi connectivity index (χ1v) is 7.69. The number of nitrogens with zero attached hydrogens (tertiary/aromatic N) is 1. The van der Waals surface area contributed by atoms with Crippen LogP contribution in [-0.2, 0) is 9.59 Å². The van der Waals surface area contributed by atoms with Crippen molar-refractivity contribution < 1.29 is 19.1 Å². The molecule has 2 amide bonds. The lowest BCUT2D eigenvalue weighted by Crippen LogP contribution is -2.44. The predicted octanol–water partition coefficient (Wildman–Crippen LogP) is 1.54. The van der Waals surface area contributed by atoms with Crippen LogP contribution in [0, 0.1) is 17.7 Å². The molecule has 1 saturated carbocycles. The molecule has 6 heteroatoms. The Morgan fingerprint density at radius 2 is 2.00 bits per heavy atom. The molecule has 1 aromatic carbocycles. The number of halogens is 1. The first kappa shape index (κ1) is 15.9. The zero-order chi connectivity index (χ0) is 16.8. The van der Waals surface area contributed by atoms with Gasteiger partial charge in [-0.1, -0.05) is 0 Å². The first-order chi connectivity index (χ1) is 10.7. The Bertz CT molecular complexity index is 632. The van der Waals surface area contributed by atoms with Crippen LogP contribution in [0.4, 0.5) is 10.1 Å². The van der Waals surface area contributed by atoms with Crippen LogP contribution in [0.5, 0.6) is 0 Å². The number of carbonyl (C=O) groups excluding carboxylic acids is 2. The summed E-state index contributed by atoms with van der Waals surface area (Å²) >= 11 is 0. The molecule has 5 nitrogen and oxygen atoms in total. The molecule has 123 valence electrons. The molecular formula is C17H20FN2O3. The smallest absolute Gasteiger partial charge is 0.240 e. The molecule has 0 aromatic heterocycles. The number of amides is 2. The van der Waals surface area contributed by atoms with E-state index < -0.39 is 28.8 Å². The van der Waals surface area contributed by atoms with Gasteiger partial charge in [0.05, 0.1) is 11.0 Å². The summed E-state index contributed by atoms with van der Waals surface area (Å²) in [5.74, 6) is -1.16. The van der Waals surface area contributed by atoms with E-state index in [0.29, 0.717) is 31.4 Å².